The summed E-state index contributed by atoms with van der Waals surface area (Å²) in [5.74, 6) is -9.29. The van der Waals surface area contributed by atoms with Crippen LogP contribution in [0.25, 0.3) is 0 Å². The van der Waals surface area contributed by atoms with E-state index in [2.05, 4.69) is 17.6 Å². The number of unbranched alkanes of at least 4 members (excludes halogenated alkanes) is 10. The van der Waals surface area contributed by atoms with E-state index in [0.717, 1.165) is 30.4 Å². The number of carbonyl (C=O) groups is 9. The number of rotatable bonds is 36. The van der Waals surface area contributed by atoms with Crippen LogP contribution in [0.5, 0.6) is 11.5 Å². The van der Waals surface area contributed by atoms with Crippen molar-refractivity contribution in [2.45, 2.75) is 136 Å². The number of aliphatic carboxylic acids is 2. The highest BCUT2D eigenvalue weighted by Gasteiger charge is 2.44. The number of hydrogen-bond donors (Lipinski definition) is 4. The summed E-state index contributed by atoms with van der Waals surface area (Å²) in [5, 5.41) is 26.7. The second kappa shape index (κ2) is 33.2. The largest absolute Gasteiger partial charge is 0.481 e. The van der Waals surface area contributed by atoms with Crippen molar-refractivity contribution in [3.05, 3.63) is 142 Å². The second-order valence-electron chi connectivity index (χ2n) is 22.7. The standard InChI is InChI=1S/C67H82N4O14/c1-6-7-8-9-10-11-12-13-14-15-16-17-47-20-22-49(23-21-47)63(76)52-32-48(33-54(34-52)69-65(78)62-45(3)30-50(35-57(62)66(79)80)59(83-42-74)38-70(5)40-72)37-71(41-73)39-60(84-43-75)51-31-46(4)61(58(36-51)67(81)82)64(77)68-53-24-28-56(29-25-53)85-55-26-18-44(2)19-27-55/h18-34,40-43,50-51,57-62H,6-17,35-39H2,1-5H3,(H,68,77)(H,69,78)(H,79,80)(H,81,82). The van der Waals surface area contributed by atoms with Crippen LogP contribution in [0.1, 0.15) is 137 Å². The number of benzene rings is 4. The Kier molecular flexibility index (Phi) is 25.7. The number of anilines is 2. The van der Waals surface area contributed by atoms with Crippen LogP contribution in [-0.4, -0.2) is 108 Å². The molecular formula is C67H82N4O14. The fourth-order valence-corrected chi connectivity index (χ4v) is 11.7. The maximum absolute atomic E-state index is 14.5. The normalized spacial score (nSPS) is 18.9. The number of aryl methyl sites for hydroxylation is 2. The van der Waals surface area contributed by atoms with Crippen molar-refractivity contribution in [1.82, 2.24) is 9.80 Å². The molecule has 0 aromatic heterocycles. The van der Waals surface area contributed by atoms with Crippen molar-refractivity contribution < 1.29 is 67.6 Å². The minimum Gasteiger partial charge on any atom is -0.481 e. The Labute approximate surface area is 498 Å². The highest BCUT2D eigenvalue weighted by Crippen LogP contribution is 2.39. The maximum Gasteiger partial charge on any atom is 0.307 e. The predicted molar refractivity (Wildman–Crippen MR) is 321 cm³/mol. The van der Waals surface area contributed by atoms with Gasteiger partial charge in [0.05, 0.1) is 36.8 Å². The molecule has 2 aliphatic rings. The molecule has 0 heterocycles. The molecule has 4 aromatic rings. The van der Waals surface area contributed by atoms with Gasteiger partial charge in [0, 0.05) is 47.9 Å². The van der Waals surface area contributed by atoms with Gasteiger partial charge in [-0.15, -0.1) is 0 Å². The zero-order chi connectivity index (χ0) is 61.4. The molecule has 0 spiro atoms. The van der Waals surface area contributed by atoms with E-state index >= 15 is 0 Å². The number of nitrogens with one attached hydrogen (secondary N) is 2. The average Bonchev–Trinajstić information content (AvgIpc) is 3.30. The molecule has 6 rings (SSSR count). The molecule has 8 unspecified atom stereocenters. The Morgan fingerprint density at radius 3 is 1.56 bits per heavy atom. The second-order valence-corrected chi connectivity index (χ2v) is 22.7. The molecule has 4 aromatic carbocycles. The van der Waals surface area contributed by atoms with E-state index in [1.165, 1.54) is 80.7 Å². The van der Waals surface area contributed by atoms with E-state index < -0.39 is 77.3 Å². The van der Waals surface area contributed by atoms with Gasteiger partial charge in [-0.1, -0.05) is 136 Å². The zero-order valence-electron chi connectivity index (χ0n) is 49.5. The summed E-state index contributed by atoms with van der Waals surface area (Å²) < 4.78 is 16.8. The molecule has 2 aliphatic carbocycles. The van der Waals surface area contributed by atoms with Crippen LogP contribution >= 0.6 is 0 Å². The first kappa shape index (κ1) is 65.7. The van der Waals surface area contributed by atoms with E-state index in [1.54, 1.807) is 74.5 Å². The Balaban J connectivity index is 1.21. The molecule has 0 saturated carbocycles. The molecule has 0 fully saturated rings. The molecular weight excluding hydrogens is 1080 g/mol. The quantitative estimate of drug-likeness (QED) is 0.0143. The van der Waals surface area contributed by atoms with Crippen molar-refractivity contribution >= 4 is 66.7 Å². The fraction of sp³-hybridized carbons (Fsp3) is 0.448. The van der Waals surface area contributed by atoms with Gasteiger partial charge >= 0.3 is 11.9 Å². The summed E-state index contributed by atoms with van der Waals surface area (Å²) in [6, 6.07) is 26.1. The minimum absolute atomic E-state index is 0.0200. The monoisotopic (exact) mass is 1170 g/mol. The highest BCUT2D eigenvalue weighted by molar-refractivity contribution is 6.10. The third-order valence-corrected chi connectivity index (χ3v) is 16.2. The molecule has 4 N–H and O–H groups in total. The number of likely N-dealkylation sites (N-methyl/N-ethyl adjacent to an activating group) is 1. The zero-order valence-corrected chi connectivity index (χ0v) is 49.5. The van der Waals surface area contributed by atoms with E-state index in [9.17, 15) is 53.4 Å². The van der Waals surface area contributed by atoms with Gasteiger partial charge in [-0.05, 0) is 112 Å². The fourth-order valence-electron chi connectivity index (χ4n) is 11.7. The molecule has 18 heteroatoms. The van der Waals surface area contributed by atoms with Crippen LogP contribution in [0.2, 0.25) is 0 Å². The first-order chi connectivity index (χ1) is 40.9. The summed E-state index contributed by atoms with van der Waals surface area (Å²) in [7, 11) is 1.49. The SMILES string of the molecule is CCCCCCCCCCCCCc1ccc(C(=O)c2cc(CN(C=O)CC(OC=O)C3C=C(C)C(C(=O)Nc4ccc(Oc5ccc(C)cc5)cc4)C(C(=O)O)C3)cc(NC(=O)C3C(C)=CC(C(CN(C)C=O)OC=O)CC3C(=O)O)c2)cc1. The van der Waals surface area contributed by atoms with E-state index in [1.807, 2.05) is 43.3 Å². The van der Waals surface area contributed by atoms with Crippen molar-refractivity contribution in [2.24, 2.45) is 35.5 Å². The Bertz CT molecular complexity index is 2980. The smallest absolute Gasteiger partial charge is 0.307 e. The van der Waals surface area contributed by atoms with Crippen LogP contribution in [0.4, 0.5) is 11.4 Å². The Hall–Kier alpha value is -8.41. The summed E-state index contributed by atoms with van der Waals surface area (Å²) in [4.78, 5) is 119. The van der Waals surface area contributed by atoms with Gasteiger partial charge in [0.2, 0.25) is 24.6 Å². The summed E-state index contributed by atoms with van der Waals surface area (Å²) >= 11 is 0. The number of carbonyl (C=O) groups excluding carboxylic acids is 7. The first-order valence-electron chi connectivity index (χ1n) is 29.5. The van der Waals surface area contributed by atoms with E-state index in [0.29, 0.717) is 52.3 Å². The molecule has 8 atom stereocenters. The van der Waals surface area contributed by atoms with Crippen LogP contribution in [0, 0.1) is 42.4 Å². The molecule has 0 radical (unpaired) electrons. The summed E-state index contributed by atoms with van der Waals surface area (Å²) in [6.07, 6.45) is 16.6. The van der Waals surface area contributed by atoms with Crippen LogP contribution in [-0.2, 0) is 60.8 Å². The van der Waals surface area contributed by atoms with Crippen molar-refractivity contribution in [2.75, 3.05) is 30.8 Å². The number of ether oxygens (including phenoxy) is 3. The first-order valence-corrected chi connectivity index (χ1v) is 29.5. The molecule has 0 saturated heterocycles. The van der Waals surface area contributed by atoms with Gasteiger partial charge in [0.15, 0.2) is 5.78 Å². The van der Waals surface area contributed by atoms with Crippen molar-refractivity contribution in [3.8, 4) is 11.5 Å². The molecule has 454 valence electrons. The van der Waals surface area contributed by atoms with Crippen LogP contribution in [0.15, 0.2) is 114 Å². The number of carboxylic acids is 2. The molecule has 0 bridgehead atoms. The Morgan fingerprint density at radius 2 is 1.07 bits per heavy atom. The lowest BCUT2D eigenvalue weighted by molar-refractivity contribution is -0.148. The summed E-state index contributed by atoms with van der Waals surface area (Å²) in [5.41, 5.74) is 4.34. The van der Waals surface area contributed by atoms with E-state index in [-0.39, 0.29) is 56.7 Å². The van der Waals surface area contributed by atoms with Crippen molar-refractivity contribution in [1.29, 1.82) is 0 Å². The molecule has 18 nitrogen and oxygen atoms in total. The number of hydrogen-bond acceptors (Lipinski definition) is 12. The molecule has 4 amide bonds. The van der Waals surface area contributed by atoms with Gasteiger partial charge in [-0.2, -0.15) is 0 Å². The number of carboxylic acid groups (broad SMARTS) is 2. The van der Waals surface area contributed by atoms with Gasteiger partial charge in [-0.25, -0.2) is 0 Å². The predicted octanol–water partition coefficient (Wildman–Crippen LogP) is 11.1. The van der Waals surface area contributed by atoms with Gasteiger partial charge in [-0.3, -0.25) is 43.2 Å². The molecule has 0 aliphatic heterocycles. The maximum atomic E-state index is 14.5. The lowest BCUT2D eigenvalue weighted by Crippen LogP contribution is -2.43. The number of nitrogens with zero attached hydrogens (tertiary/aromatic N) is 2. The van der Waals surface area contributed by atoms with Gasteiger partial charge in [0.25, 0.3) is 12.9 Å². The third kappa shape index (κ3) is 19.6. The van der Waals surface area contributed by atoms with Gasteiger partial charge < -0.3 is 44.9 Å². The summed E-state index contributed by atoms with van der Waals surface area (Å²) in [6.45, 7) is 7.39. The van der Waals surface area contributed by atoms with Crippen molar-refractivity contribution in [3.63, 3.8) is 0 Å². The lowest BCUT2D eigenvalue weighted by atomic mass is 9.72. The number of amides is 4. The van der Waals surface area contributed by atoms with Crippen LogP contribution in [0.3, 0.4) is 0 Å². The minimum atomic E-state index is -1.28. The highest BCUT2D eigenvalue weighted by atomic mass is 16.5. The van der Waals surface area contributed by atoms with E-state index in [4.69, 9.17) is 14.2 Å². The number of ketones is 1. The van der Waals surface area contributed by atoms with Crippen LogP contribution < -0.4 is 15.4 Å². The third-order valence-electron chi connectivity index (χ3n) is 16.2. The average molecular weight is 1170 g/mol. The lowest BCUT2D eigenvalue weighted by Gasteiger charge is -2.36. The molecule has 85 heavy (non-hydrogen) atoms. The topological polar surface area (TPSA) is 252 Å². The van der Waals surface area contributed by atoms with Gasteiger partial charge in [0.1, 0.15) is 23.7 Å². The Morgan fingerprint density at radius 1 is 0.576 bits per heavy atom.